The topological polar surface area (TPSA) is 73.9 Å². The van der Waals surface area contributed by atoms with E-state index in [4.69, 9.17) is 4.74 Å². The standard InChI is InChI=1S/C33H18F2N2O2/c34-31-10-4-8-25(29(31)19-36)22-14-17-27(26-9-5-11-32(35)30(26)20-37)28(18-22)33(38)21-12-15-24(16-13-21)39-23-6-2-1-3-7-23/h1-18H. The van der Waals surface area contributed by atoms with Gasteiger partial charge in [0.05, 0.1) is 11.1 Å². The number of nitrogens with zero attached hydrogens (tertiary/aromatic N) is 2. The van der Waals surface area contributed by atoms with Crippen LogP contribution in [0, 0.1) is 34.3 Å². The minimum Gasteiger partial charge on any atom is -0.457 e. The van der Waals surface area contributed by atoms with Gasteiger partial charge < -0.3 is 4.74 Å². The molecule has 0 radical (unpaired) electrons. The van der Waals surface area contributed by atoms with Gasteiger partial charge in [0.1, 0.15) is 35.3 Å². The Bertz CT molecular complexity index is 1780. The average molecular weight is 513 g/mol. The van der Waals surface area contributed by atoms with Crippen molar-refractivity contribution in [1.29, 1.82) is 10.5 Å². The van der Waals surface area contributed by atoms with Gasteiger partial charge in [-0.1, -0.05) is 54.6 Å². The fourth-order valence-corrected chi connectivity index (χ4v) is 4.33. The van der Waals surface area contributed by atoms with Crippen LogP contribution in [0.2, 0.25) is 0 Å². The number of halogens is 2. The highest BCUT2D eigenvalue weighted by molar-refractivity contribution is 6.13. The molecule has 186 valence electrons. The lowest BCUT2D eigenvalue weighted by atomic mass is 9.88. The lowest BCUT2D eigenvalue weighted by Gasteiger charge is -2.14. The predicted molar refractivity (Wildman–Crippen MR) is 143 cm³/mol. The van der Waals surface area contributed by atoms with E-state index in [1.807, 2.05) is 42.5 Å². The molecule has 0 saturated heterocycles. The van der Waals surface area contributed by atoms with Crippen LogP contribution in [0.5, 0.6) is 11.5 Å². The molecule has 5 aromatic carbocycles. The highest BCUT2D eigenvalue weighted by Crippen LogP contribution is 2.35. The third-order valence-electron chi connectivity index (χ3n) is 6.21. The average Bonchev–Trinajstić information content (AvgIpc) is 2.97. The highest BCUT2D eigenvalue weighted by atomic mass is 19.1. The van der Waals surface area contributed by atoms with Crippen molar-refractivity contribution in [3.8, 4) is 45.9 Å². The molecule has 0 aliphatic carbocycles. The molecule has 4 nitrogen and oxygen atoms in total. The van der Waals surface area contributed by atoms with Gasteiger partial charge in [0, 0.05) is 22.3 Å². The van der Waals surface area contributed by atoms with Crippen LogP contribution in [0.1, 0.15) is 27.0 Å². The van der Waals surface area contributed by atoms with Crippen molar-refractivity contribution in [1.82, 2.24) is 0 Å². The van der Waals surface area contributed by atoms with Gasteiger partial charge in [0.2, 0.25) is 0 Å². The minimum atomic E-state index is -0.711. The second-order valence-corrected chi connectivity index (χ2v) is 8.58. The molecule has 5 rings (SSSR count). The summed E-state index contributed by atoms with van der Waals surface area (Å²) < 4.78 is 34.7. The fourth-order valence-electron chi connectivity index (χ4n) is 4.33. The first kappa shape index (κ1) is 25.1. The molecule has 0 bridgehead atoms. The maximum atomic E-state index is 14.5. The third kappa shape index (κ3) is 5.00. The van der Waals surface area contributed by atoms with Gasteiger partial charge in [-0.2, -0.15) is 10.5 Å². The van der Waals surface area contributed by atoms with Gasteiger partial charge in [-0.05, 0) is 65.7 Å². The minimum absolute atomic E-state index is 0.158. The number of para-hydroxylation sites is 1. The van der Waals surface area contributed by atoms with Crippen LogP contribution in [-0.2, 0) is 0 Å². The molecular weight excluding hydrogens is 494 g/mol. The Morgan fingerprint density at radius 3 is 1.85 bits per heavy atom. The molecule has 6 heteroatoms. The molecule has 0 aliphatic heterocycles. The quantitative estimate of drug-likeness (QED) is 0.216. The Kier molecular flexibility index (Phi) is 6.94. The van der Waals surface area contributed by atoms with Crippen LogP contribution >= 0.6 is 0 Å². The summed E-state index contributed by atoms with van der Waals surface area (Å²) in [6.07, 6.45) is 0. The van der Waals surface area contributed by atoms with Crippen LogP contribution in [-0.4, -0.2) is 5.78 Å². The second-order valence-electron chi connectivity index (χ2n) is 8.58. The summed E-state index contributed by atoms with van der Waals surface area (Å²) in [6, 6.07) is 32.7. The van der Waals surface area contributed by atoms with E-state index in [1.165, 1.54) is 30.3 Å². The number of nitriles is 2. The van der Waals surface area contributed by atoms with Crippen molar-refractivity contribution >= 4 is 5.78 Å². The maximum absolute atomic E-state index is 14.5. The van der Waals surface area contributed by atoms with E-state index < -0.39 is 17.4 Å². The molecule has 0 N–H and O–H groups in total. The number of carbonyl (C=O) groups is 1. The van der Waals surface area contributed by atoms with Crippen molar-refractivity contribution in [2.45, 2.75) is 0 Å². The summed E-state index contributed by atoms with van der Waals surface area (Å²) in [5, 5.41) is 19.2. The van der Waals surface area contributed by atoms with Gasteiger partial charge in [-0.15, -0.1) is 0 Å². The van der Waals surface area contributed by atoms with Crippen molar-refractivity contribution in [3.05, 3.63) is 143 Å². The molecule has 0 amide bonds. The molecule has 0 fully saturated rings. The molecule has 0 spiro atoms. The highest BCUT2D eigenvalue weighted by Gasteiger charge is 2.21. The van der Waals surface area contributed by atoms with Crippen molar-refractivity contribution < 1.29 is 18.3 Å². The molecule has 0 heterocycles. The number of ketones is 1. The molecule has 0 aliphatic rings. The number of benzene rings is 5. The van der Waals surface area contributed by atoms with E-state index in [2.05, 4.69) is 0 Å². The first-order valence-electron chi connectivity index (χ1n) is 11.9. The van der Waals surface area contributed by atoms with Gasteiger partial charge in [-0.3, -0.25) is 4.79 Å². The molecule has 0 unspecified atom stereocenters. The Balaban J connectivity index is 1.63. The Labute approximate surface area is 223 Å². The maximum Gasteiger partial charge on any atom is 0.193 e. The van der Waals surface area contributed by atoms with Crippen molar-refractivity contribution in [2.75, 3.05) is 0 Å². The SMILES string of the molecule is N#Cc1c(F)cccc1-c1ccc(-c2cccc(F)c2C#N)c(C(=O)c2ccc(Oc3ccccc3)cc2)c1. The smallest absolute Gasteiger partial charge is 0.193 e. The molecule has 0 saturated carbocycles. The Morgan fingerprint density at radius 1 is 0.615 bits per heavy atom. The first-order chi connectivity index (χ1) is 19.0. The number of hydrogen-bond donors (Lipinski definition) is 0. The summed E-state index contributed by atoms with van der Waals surface area (Å²) in [5.41, 5.74) is 1.45. The third-order valence-corrected chi connectivity index (χ3v) is 6.21. The monoisotopic (exact) mass is 512 g/mol. The van der Waals surface area contributed by atoms with Crippen LogP contribution in [0.4, 0.5) is 8.78 Å². The van der Waals surface area contributed by atoms with E-state index in [0.29, 0.717) is 33.8 Å². The number of ether oxygens (including phenoxy) is 1. The Hall–Kier alpha value is -5.59. The number of hydrogen-bond acceptors (Lipinski definition) is 4. The molecule has 0 aromatic heterocycles. The van der Waals surface area contributed by atoms with E-state index in [1.54, 1.807) is 48.5 Å². The predicted octanol–water partition coefficient (Wildman–Crippen LogP) is 8.07. The van der Waals surface area contributed by atoms with E-state index in [9.17, 15) is 24.1 Å². The van der Waals surface area contributed by atoms with Crippen molar-refractivity contribution in [3.63, 3.8) is 0 Å². The first-order valence-corrected chi connectivity index (χ1v) is 11.9. The summed E-state index contributed by atoms with van der Waals surface area (Å²) in [6.45, 7) is 0. The summed E-state index contributed by atoms with van der Waals surface area (Å²) >= 11 is 0. The fraction of sp³-hybridized carbons (Fsp3) is 0. The van der Waals surface area contributed by atoms with Gasteiger partial charge in [-0.25, -0.2) is 8.78 Å². The van der Waals surface area contributed by atoms with Gasteiger partial charge >= 0.3 is 0 Å². The normalized spacial score (nSPS) is 10.4. The number of rotatable bonds is 6. The van der Waals surface area contributed by atoms with Crippen LogP contribution in [0.3, 0.4) is 0 Å². The van der Waals surface area contributed by atoms with Crippen LogP contribution in [0.25, 0.3) is 22.3 Å². The van der Waals surface area contributed by atoms with Crippen molar-refractivity contribution in [2.24, 2.45) is 0 Å². The van der Waals surface area contributed by atoms with Gasteiger partial charge in [0.25, 0.3) is 0 Å². The molecule has 5 aromatic rings. The summed E-state index contributed by atoms with van der Waals surface area (Å²) in [5.74, 6) is -0.622. The molecule has 0 atom stereocenters. The lowest BCUT2D eigenvalue weighted by molar-refractivity contribution is 0.103. The Morgan fingerprint density at radius 2 is 1.21 bits per heavy atom. The van der Waals surface area contributed by atoms with E-state index in [0.717, 1.165) is 0 Å². The second kappa shape index (κ2) is 10.8. The summed E-state index contributed by atoms with van der Waals surface area (Å²) in [4.78, 5) is 13.8. The number of carbonyl (C=O) groups excluding carboxylic acids is 1. The van der Waals surface area contributed by atoms with E-state index in [-0.39, 0.29) is 22.3 Å². The zero-order valence-electron chi connectivity index (χ0n) is 20.4. The van der Waals surface area contributed by atoms with Gasteiger partial charge in [0.15, 0.2) is 5.78 Å². The molecular formula is C33H18F2N2O2. The zero-order chi connectivity index (χ0) is 27.4. The van der Waals surface area contributed by atoms with Crippen LogP contribution in [0.15, 0.2) is 109 Å². The molecule has 39 heavy (non-hydrogen) atoms. The zero-order valence-corrected chi connectivity index (χ0v) is 20.4. The van der Waals surface area contributed by atoms with E-state index >= 15 is 0 Å². The summed E-state index contributed by atoms with van der Waals surface area (Å²) in [7, 11) is 0. The largest absolute Gasteiger partial charge is 0.457 e. The van der Waals surface area contributed by atoms with Crippen LogP contribution < -0.4 is 4.74 Å². The lowest BCUT2D eigenvalue weighted by Crippen LogP contribution is -2.05.